The average Bonchev–Trinajstić information content (AvgIpc) is 3.91. The summed E-state index contributed by atoms with van der Waals surface area (Å²) in [5, 5.41) is 29.1. The number of carbonyl (C=O) groups is 4. The maximum atomic E-state index is 14.1. The standard InChI is InChI=1S/C50H60ClN7O7S/c1-30(33-6-8-34(9-7-33)45-31(2)53-29-66-45)54-48(62)43-24-39(59)27-58(43)49(63)46(50(3,4)5)56-44(60)28-64-21-18-32-16-19-57(20-17-32)38-13-10-35(11-14-38)47(61)55-37-22-41(23-37)65-40-15-12-36(26-52)42(51)25-40/h6-15,25,29-30,32,37,39,41,43,46,59H,16-24,27-28H2,1-5H3,(H,54,62)(H,55,61)(H,56,60)/t30-,37?,39+,41?,43-,46+/m0/s1. The number of hydrogen-bond acceptors (Lipinski definition) is 11. The van der Waals surface area contributed by atoms with Gasteiger partial charge in [-0.05, 0) is 92.0 Å². The van der Waals surface area contributed by atoms with Gasteiger partial charge in [-0.2, -0.15) is 5.26 Å². The maximum Gasteiger partial charge on any atom is 0.251 e. The first kappa shape index (κ1) is 48.4. The van der Waals surface area contributed by atoms with Crippen LogP contribution in [0.15, 0.2) is 72.2 Å². The van der Waals surface area contributed by atoms with E-state index in [4.69, 9.17) is 26.3 Å². The number of nitrogens with one attached hydrogen (secondary N) is 3. The molecule has 350 valence electrons. The van der Waals surface area contributed by atoms with Crippen molar-refractivity contribution in [1.82, 2.24) is 25.8 Å². The highest BCUT2D eigenvalue weighted by Crippen LogP contribution is 2.32. The summed E-state index contributed by atoms with van der Waals surface area (Å²) in [4.78, 5) is 63.1. The number of amides is 4. The van der Waals surface area contributed by atoms with Crippen molar-refractivity contribution in [3.63, 3.8) is 0 Å². The molecule has 7 rings (SSSR count). The Morgan fingerprint density at radius 3 is 2.35 bits per heavy atom. The van der Waals surface area contributed by atoms with Crippen LogP contribution in [0, 0.1) is 29.6 Å². The summed E-state index contributed by atoms with van der Waals surface area (Å²) < 4.78 is 11.8. The molecule has 66 heavy (non-hydrogen) atoms. The van der Waals surface area contributed by atoms with Crippen molar-refractivity contribution in [3.8, 4) is 22.3 Å². The number of thiazole rings is 1. The van der Waals surface area contributed by atoms with Gasteiger partial charge in [0, 0.05) is 68.9 Å². The summed E-state index contributed by atoms with van der Waals surface area (Å²) >= 11 is 7.70. The fourth-order valence-electron chi connectivity index (χ4n) is 8.84. The smallest absolute Gasteiger partial charge is 0.251 e. The highest BCUT2D eigenvalue weighted by Gasteiger charge is 2.45. The predicted molar refractivity (Wildman–Crippen MR) is 254 cm³/mol. The number of aryl methyl sites for hydroxylation is 1. The topological polar surface area (TPSA) is 186 Å². The molecule has 3 fully saturated rings. The van der Waals surface area contributed by atoms with E-state index in [0.717, 1.165) is 59.7 Å². The van der Waals surface area contributed by atoms with E-state index in [1.807, 2.05) is 94.7 Å². The van der Waals surface area contributed by atoms with Gasteiger partial charge in [0.2, 0.25) is 17.7 Å². The molecule has 4 aromatic rings. The minimum Gasteiger partial charge on any atom is -0.490 e. The van der Waals surface area contributed by atoms with Crippen LogP contribution in [0.1, 0.15) is 99.4 Å². The summed E-state index contributed by atoms with van der Waals surface area (Å²) in [6.07, 6.45) is 3.31. The lowest BCUT2D eigenvalue weighted by molar-refractivity contribution is -0.144. The Bertz CT molecular complexity index is 2380. The Morgan fingerprint density at radius 1 is 1.00 bits per heavy atom. The van der Waals surface area contributed by atoms with Gasteiger partial charge in [0.25, 0.3) is 5.91 Å². The minimum absolute atomic E-state index is 0.00681. The second-order valence-corrected chi connectivity index (χ2v) is 20.1. The Labute approximate surface area is 396 Å². The third-order valence-electron chi connectivity index (χ3n) is 12.9. The van der Waals surface area contributed by atoms with Gasteiger partial charge < -0.3 is 40.3 Å². The SMILES string of the molecule is Cc1ncsc1-c1ccc([C@H](C)NC(=O)[C@@H]2C[C@@H](O)CN2C(=O)[C@@H](NC(=O)COCCC2CCN(c3ccc(C(=O)NC4CC(Oc5ccc(C#N)c(Cl)c5)C4)cc3)CC2)C(C)(C)C)cc1. The van der Waals surface area contributed by atoms with Gasteiger partial charge in [0.1, 0.15) is 36.6 Å². The van der Waals surface area contributed by atoms with Crippen molar-refractivity contribution in [1.29, 1.82) is 5.26 Å². The molecule has 3 aliphatic rings. The summed E-state index contributed by atoms with van der Waals surface area (Å²) in [5.41, 5.74) is 6.12. The molecule has 0 spiro atoms. The number of halogens is 1. The van der Waals surface area contributed by atoms with Crippen molar-refractivity contribution in [2.45, 2.75) is 110 Å². The molecule has 1 aliphatic carbocycles. The van der Waals surface area contributed by atoms with Gasteiger partial charge in [0.05, 0.1) is 38.8 Å². The number of nitriles is 1. The molecule has 4 atom stereocenters. The maximum absolute atomic E-state index is 14.1. The molecule has 3 heterocycles. The number of carbonyl (C=O) groups excluding carboxylic acids is 4. The monoisotopic (exact) mass is 937 g/mol. The summed E-state index contributed by atoms with van der Waals surface area (Å²) in [6, 6.07) is 20.5. The molecule has 14 nitrogen and oxygen atoms in total. The predicted octanol–water partition coefficient (Wildman–Crippen LogP) is 6.98. The summed E-state index contributed by atoms with van der Waals surface area (Å²) in [5.74, 6) is -0.279. The van der Waals surface area contributed by atoms with Gasteiger partial charge in [0.15, 0.2) is 0 Å². The van der Waals surface area contributed by atoms with E-state index in [9.17, 15) is 24.3 Å². The van der Waals surface area contributed by atoms with E-state index in [1.54, 1.807) is 29.5 Å². The Morgan fingerprint density at radius 2 is 1.71 bits per heavy atom. The van der Waals surface area contributed by atoms with Crippen LogP contribution in [0.3, 0.4) is 0 Å². The lowest BCUT2D eigenvalue weighted by Crippen LogP contribution is -2.58. The number of nitrogens with zero attached hydrogens (tertiary/aromatic N) is 4. The molecule has 4 N–H and O–H groups in total. The van der Waals surface area contributed by atoms with E-state index in [2.05, 4.69) is 25.8 Å². The Hall–Kier alpha value is -5.53. The highest BCUT2D eigenvalue weighted by atomic mass is 35.5. The molecule has 2 aliphatic heterocycles. The van der Waals surface area contributed by atoms with Crippen LogP contribution in [0.5, 0.6) is 5.75 Å². The number of aliphatic hydroxyl groups excluding tert-OH is 1. The molecule has 4 amide bonds. The number of hydrogen-bond donors (Lipinski definition) is 4. The third-order valence-corrected chi connectivity index (χ3v) is 14.2. The second kappa shape index (κ2) is 21.4. The van der Waals surface area contributed by atoms with Gasteiger partial charge in [-0.3, -0.25) is 19.2 Å². The van der Waals surface area contributed by atoms with Gasteiger partial charge in [-0.1, -0.05) is 56.6 Å². The first-order chi connectivity index (χ1) is 31.6. The number of benzene rings is 3. The normalized spacial score (nSPS) is 20.7. The molecule has 1 saturated carbocycles. The fraction of sp³-hybridized carbons (Fsp3) is 0.480. The number of ether oxygens (including phenoxy) is 2. The molecular formula is C50H60ClN7O7S. The number of rotatable bonds is 16. The molecule has 2 saturated heterocycles. The minimum atomic E-state index is -0.944. The Balaban J connectivity index is 0.805. The van der Waals surface area contributed by atoms with Gasteiger partial charge in [-0.25, -0.2) is 4.98 Å². The molecule has 0 unspecified atom stereocenters. The average molecular weight is 939 g/mol. The molecule has 1 aromatic heterocycles. The van der Waals surface area contributed by atoms with Gasteiger partial charge >= 0.3 is 0 Å². The van der Waals surface area contributed by atoms with Crippen LogP contribution in [0.2, 0.25) is 5.02 Å². The zero-order chi connectivity index (χ0) is 47.1. The zero-order valence-electron chi connectivity index (χ0n) is 38.2. The largest absolute Gasteiger partial charge is 0.490 e. The molecule has 0 bridgehead atoms. The van der Waals surface area contributed by atoms with E-state index < -0.39 is 35.4 Å². The van der Waals surface area contributed by atoms with Crippen LogP contribution < -0.4 is 25.6 Å². The van der Waals surface area contributed by atoms with Crippen molar-refractivity contribution in [3.05, 3.63) is 99.6 Å². The van der Waals surface area contributed by atoms with E-state index >= 15 is 0 Å². The molecule has 16 heteroatoms. The van der Waals surface area contributed by atoms with Crippen LogP contribution >= 0.6 is 22.9 Å². The van der Waals surface area contributed by atoms with Crippen LogP contribution in [-0.4, -0.2) is 102 Å². The zero-order valence-corrected chi connectivity index (χ0v) is 39.8. The van der Waals surface area contributed by atoms with Crippen molar-refractivity contribution in [2.75, 3.05) is 37.7 Å². The molecule has 3 aromatic carbocycles. The van der Waals surface area contributed by atoms with Gasteiger partial charge in [-0.15, -0.1) is 11.3 Å². The number of β-amino-alcohol motifs (C(OH)–C–C–N with tert-alkyl or cyclic N) is 1. The highest BCUT2D eigenvalue weighted by molar-refractivity contribution is 7.13. The first-order valence-corrected chi connectivity index (χ1v) is 24.0. The molecule has 0 radical (unpaired) electrons. The van der Waals surface area contributed by atoms with E-state index in [0.29, 0.717) is 47.3 Å². The number of likely N-dealkylation sites (tertiary alicyclic amines) is 1. The number of piperidine rings is 1. The summed E-state index contributed by atoms with van der Waals surface area (Å²) in [7, 11) is 0. The fourth-order valence-corrected chi connectivity index (χ4v) is 9.86. The van der Waals surface area contributed by atoms with Crippen molar-refractivity contribution < 1.29 is 33.8 Å². The van der Waals surface area contributed by atoms with Crippen LogP contribution in [0.4, 0.5) is 5.69 Å². The van der Waals surface area contributed by atoms with Crippen molar-refractivity contribution >= 4 is 52.3 Å². The number of aliphatic hydroxyl groups is 1. The lowest BCUT2D eigenvalue weighted by atomic mass is 9.85. The quantitative estimate of drug-likeness (QED) is 0.0855. The molecular weight excluding hydrogens is 878 g/mol. The number of aromatic nitrogens is 1. The van der Waals surface area contributed by atoms with E-state index in [1.165, 1.54) is 4.90 Å². The van der Waals surface area contributed by atoms with E-state index in [-0.39, 0.29) is 49.6 Å². The number of anilines is 1. The van der Waals surface area contributed by atoms with Crippen molar-refractivity contribution in [2.24, 2.45) is 11.3 Å². The third kappa shape index (κ3) is 12.1. The summed E-state index contributed by atoms with van der Waals surface area (Å²) in [6.45, 7) is 11.4. The van der Waals surface area contributed by atoms with Crippen LogP contribution in [0.25, 0.3) is 10.4 Å². The first-order valence-electron chi connectivity index (χ1n) is 22.7. The van der Waals surface area contributed by atoms with Crippen LogP contribution in [-0.2, 0) is 19.1 Å². The lowest BCUT2D eigenvalue weighted by Gasteiger charge is -2.36. The second-order valence-electron chi connectivity index (χ2n) is 18.8. The Kier molecular flexibility index (Phi) is 15.7.